The first kappa shape index (κ1) is 22.1. The van der Waals surface area contributed by atoms with Crippen LogP contribution in [0.15, 0.2) is 52.3 Å². The van der Waals surface area contributed by atoms with Gasteiger partial charge in [0.1, 0.15) is 0 Å². The summed E-state index contributed by atoms with van der Waals surface area (Å²) in [6.45, 7) is 5.41. The van der Waals surface area contributed by atoms with E-state index in [1.165, 1.54) is 31.2 Å². The van der Waals surface area contributed by atoms with E-state index in [2.05, 4.69) is 4.72 Å². The fourth-order valence-electron chi connectivity index (χ4n) is 3.29. The van der Waals surface area contributed by atoms with Crippen LogP contribution in [0.1, 0.15) is 12.5 Å². The highest BCUT2D eigenvalue weighted by Gasteiger charge is 2.24. The van der Waals surface area contributed by atoms with Crippen LogP contribution in [-0.2, 0) is 24.7 Å². The number of aryl methyl sites for hydroxylation is 1. The Morgan fingerprint density at radius 2 is 1.47 bits per heavy atom. The van der Waals surface area contributed by atoms with Crippen molar-refractivity contribution in [2.75, 3.05) is 42.1 Å². The number of nitrogens with one attached hydrogen (secondary N) is 1. The van der Waals surface area contributed by atoms with Crippen LogP contribution in [0.25, 0.3) is 0 Å². The topological polar surface area (TPSA) is 104 Å². The molecule has 2 aromatic carbocycles. The van der Waals surface area contributed by atoms with Crippen LogP contribution in [0.2, 0.25) is 0 Å². The van der Waals surface area contributed by atoms with E-state index in [1.807, 2.05) is 11.8 Å². The maximum Gasteiger partial charge on any atom is 0.261 e. The van der Waals surface area contributed by atoms with Gasteiger partial charge in [-0.3, -0.25) is 9.52 Å². The molecule has 0 atom stereocenters. The van der Waals surface area contributed by atoms with Crippen molar-refractivity contribution in [2.45, 2.75) is 23.6 Å². The summed E-state index contributed by atoms with van der Waals surface area (Å²) >= 11 is 0. The minimum Gasteiger partial charge on any atom is -0.366 e. The summed E-state index contributed by atoms with van der Waals surface area (Å²) in [7, 11) is -7.44. The van der Waals surface area contributed by atoms with Gasteiger partial charge in [0.25, 0.3) is 10.0 Å². The number of anilines is 2. The zero-order chi connectivity index (χ0) is 22.1. The molecule has 0 spiro atoms. The van der Waals surface area contributed by atoms with Gasteiger partial charge in [0, 0.05) is 39.4 Å². The summed E-state index contributed by atoms with van der Waals surface area (Å²) in [5, 5.41) is 0. The molecule has 162 valence electrons. The Hall–Kier alpha value is -2.59. The number of amides is 1. The molecule has 0 bridgehead atoms. The molecule has 1 N–H and O–H groups in total. The Labute approximate surface area is 177 Å². The number of sulfonamides is 1. The summed E-state index contributed by atoms with van der Waals surface area (Å²) in [5.74, 6) is -0.0117. The molecule has 2 aromatic rings. The highest BCUT2D eigenvalue weighted by atomic mass is 32.2. The lowest BCUT2D eigenvalue weighted by Crippen LogP contribution is -2.48. The first-order chi connectivity index (χ1) is 14.0. The van der Waals surface area contributed by atoms with Gasteiger partial charge in [0.2, 0.25) is 5.91 Å². The molecule has 1 fully saturated rings. The minimum atomic E-state index is -3.91. The zero-order valence-electron chi connectivity index (χ0n) is 17.1. The molecule has 8 nitrogen and oxygen atoms in total. The molecule has 1 heterocycles. The van der Waals surface area contributed by atoms with Crippen molar-refractivity contribution in [2.24, 2.45) is 0 Å². The fraction of sp³-hybridized carbons (Fsp3) is 0.350. The van der Waals surface area contributed by atoms with Gasteiger partial charge in [0.05, 0.1) is 21.2 Å². The second kappa shape index (κ2) is 8.27. The largest absolute Gasteiger partial charge is 0.366 e. The number of sulfone groups is 1. The predicted octanol–water partition coefficient (Wildman–Crippen LogP) is 1.87. The third-order valence-electron chi connectivity index (χ3n) is 5.04. The number of benzene rings is 2. The smallest absolute Gasteiger partial charge is 0.261 e. The minimum absolute atomic E-state index is 0.0117. The van der Waals surface area contributed by atoms with E-state index in [4.69, 9.17) is 0 Å². The van der Waals surface area contributed by atoms with Crippen LogP contribution < -0.4 is 9.62 Å². The second-order valence-electron chi connectivity index (χ2n) is 7.36. The predicted molar refractivity (Wildman–Crippen MR) is 116 cm³/mol. The van der Waals surface area contributed by atoms with E-state index in [-0.39, 0.29) is 21.4 Å². The normalized spacial score (nSPS) is 15.2. The van der Waals surface area contributed by atoms with Crippen LogP contribution in [0, 0.1) is 6.92 Å². The first-order valence-electron chi connectivity index (χ1n) is 9.41. The maximum atomic E-state index is 12.9. The second-order valence-corrected chi connectivity index (χ2v) is 11.1. The van der Waals surface area contributed by atoms with Crippen molar-refractivity contribution in [3.63, 3.8) is 0 Å². The van der Waals surface area contributed by atoms with Crippen molar-refractivity contribution in [1.82, 2.24) is 4.90 Å². The summed E-state index contributed by atoms with van der Waals surface area (Å²) in [6, 6.07) is 10.8. The highest BCUT2D eigenvalue weighted by molar-refractivity contribution is 7.92. The number of hydrogen-bond acceptors (Lipinski definition) is 6. The highest BCUT2D eigenvalue weighted by Crippen LogP contribution is 2.32. The lowest BCUT2D eigenvalue weighted by molar-refractivity contribution is -0.129. The van der Waals surface area contributed by atoms with E-state index in [1.54, 1.807) is 23.1 Å². The van der Waals surface area contributed by atoms with E-state index < -0.39 is 19.9 Å². The molecule has 0 unspecified atom stereocenters. The van der Waals surface area contributed by atoms with Gasteiger partial charge < -0.3 is 9.80 Å². The van der Waals surface area contributed by atoms with E-state index in [9.17, 15) is 21.6 Å². The van der Waals surface area contributed by atoms with Gasteiger partial charge >= 0.3 is 0 Å². The Morgan fingerprint density at radius 3 is 2.00 bits per heavy atom. The Kier molecular flexibility index (Phi) is 6.09. The van der Waals surface area contributed by atoms with Crippen LogP contribution in [0.4, 0.5) is 11.4 Å². The average Bonchev–Trinajstić information content (AvgIpc) is 2.67. The standard InChI is InChI=1S/C20H25N3O5S2/c1-15-4-6-17(7-5-15)30(27,28)21-19-14-18(29(3,25)26)8-9-20(19)23-12-10-22(11-13-23)16(2)24/h4-9,14,21H,10-13H2,1-3H3. The Bertz CT molecular complexity index is 1150. The van der Waals surface area contributed by atoms with E-state index in [0.29, 0.717) is 31.9 Å². The zero-order valence-corrected chi connectivity index (χ0v) is 18.8. The summed E-state index contributed by atoms with van der Waals surface area (Å²) < 4.78 is 52.4. The maximum absolute atomic E-state index is 12.9. The number of rotatable bonds is 5. The molecule has 1 aliphatic heterocycles. The Balaban J connectivity index is 1.98. The number of carbonyl (C=O) groups is 1. The molecule has 0 aliphatic carbocycles. The third-order valence-corrected chi connectivity index (χ3v) is 7.53. The van der Waals surface area contributed by atoms with E-state index in [0.717, 1.165) is 11.8 Å². The molecular formula is C20H25N3O5S2. The van der Waals surface area contributed by atoms with Crippen molar-refractivity contribution in [3.8, 4) is 0 Å². The van der Waals surface area contributed by atoms with Crippen LogP contribution in [0.3, 0.4) is 0 Å². The molecule has 30 heavy (non-hydrogen) atoms. The Morgan fingerprint density at radius 1 is 0.900 bits per heavy atom. The monoisotopic (exact) mass is 451 g/mol. The SMILES string of the molecule is CC(=O)N1CCN(c2ccc(S(C)(=O)=O)cc2NS(=O)(=O)c2ccc(C)cc2)CC1. The summed E-state index contributed by atoms with van der Waals surface area (Å²) in [5.41, 5.74) is 1.69. The van der Waals surface area contributed by atoms with Gasteiger partial charge in [0.15, 0.2) is 9.84 Å². The molecule has 1 amide bonds. The molecular weight excluding hydrogens is 426 g/mol. The van der Waals surface area contributed by atoms with Crippen molar-refractivity contribution < 1.29 is 21.6 Å². The molecule has 0 radical (unpaired) electrons. The van der Waals surface area contributed by atoms with Crippen molar-refractivity contribution >= 4 is 37.1 Å². The van der Waals surface area contributed by atoms with Crippen LogP contribution >= 0.6 is 0 Å². The number of nitrogens with zero attached hydrogens (tertiary/aromatic N) is 2. The van der Waals surface area contributed by atoms with E-state index >= 15 is 0 Å². The summed E-state index contributed by atoms with van der Waals surface area (Å²) in [6.07, 6.45) is 1.08. The molecule has 1 saturated heterocycles. The molecule has 1 aliphatic rings. The van der Waals surface area contributed by atoms with Gasteiger partial charge in [-0.25, -0.2) is 16.8 Å². The fourth-order valence-corrected chi connectivity index (χ4v) is 5.00. The average molecular weight is 452 g/mol. The van der Waals surface area contributed by atoms with Crippen LogP contribution in [0.5, 0.6) is 0 Å². The van der Waals surface area contributed by atoms with Gasteiger partial charge in [-0.15, -0.1) is 0 Å². The van der Waals surface area contributed by atoms with Gasteiger partial charge in [-0.2, -0.15) is 0 Å². The molecule has 3 rings (SSSR count). The number of hydrogen-bond donors (Lipinski definition) is 1. The number of piperazine rings is 1. The van der Waals surface area contributed by atoms with Crippen molar-refractivity contribution in [1.29, 1.82) is 0 Å². The lowest BCUT2D eigenvalue weighted by Gasteiger charge is -2.36. The molecule has 0 aromatic heterocycles. The molecule has 10 heteroatoms. The lowest BCUT2D eigenvalue weighted by atomic mass is 10.2. The van der Waals surface area contributed by atoms with Crippen LogP contribution in [-0.4, -0.2) is 60.1 Å². The van der Waals surface area contributed by atoms with Gasteiger partial charge in [-0.05, 0) is 37.3 Å². The van der Waals surface area contributed by atoms with Gasteiger partial charge in [-0.1, -0.05) is 17.7 Å². The first-order valence-corrected chi connectivity index (χ1v) is 12.8. The van der Waals surface area contributed by atoms with Crippen molar-refractivity contribution in [3.05, 3.63) is 48.0 Å². The third kappa shape index (κ3) is 4.93. The number of carbonyl (C=O) groups excluding carboxylic acids is 1. The quantitative estimate of drug-likeness (QED) is 0.744. The molecule has 0 saturated carbocycles. The summed E-state index contributed by atoms with van der Waals surface area (Å²) in [4.78, 5) is 15.4.